The summed E-state index contributed by atoms with van der Waals surface area (Å²) in [5, 5.41) is 11.7. The number of rotatable bonds is 5. The van der Waals surface area contributed by atoms with Crippen molar-refractivity contribution in [1.29, 1.82) is 0 Å². The van der Waals surface area contributed by atoms with Gasteiger partial charge >= 0.3 is 12.1 Å². The highest BCUT2D eigenvalue weighted by Gasteiger charge is 2.38. The molecule has 0 radical (unpaired) electrons. The predicted octanol–water partition coefficient (Wildman–Crippen LogP) is 1.88. The van der Waals surface area contributed by atoms with E-state index in [2.05, 4.69) is 6.92 Å². The van der Waals surface area contributed by atoms with Crippen LogP contribution in [0.2, 0.25) is 0 Å². The monoisotopic (exact) mass is 293 g/mol. The van der Waals surface area contributed by atoms with E-state index in [4.69, 9.17) is 15.0 Å². The summed E-state index contributed by atoms with van der Waals surface area (Å²) >= 11 is 0. The molecule has 3 N–H and O–H groups in total. The lowest BCUT2D eigenvalue weighted by Crippen LogP contribution is -2.25. The van der Waals surface area contributed by atoms with Crippen LogP contribution in [0, 0.1) is 0 Å². The van der Waals surface area contributed by atoms with E-state index >= 15 is 0 Å². The molecule has 0 amide bonds. The molecule has 1 unspecified atom stereocenters. The molecule has 0 aromatic rings. The van der Waals surface area contributed by atoms with E-state index in [1.54, 1.807) is 6.92 Å². The number of halogens is 3. The average Bonchev–Trinajstić information content (AvgIpc) is 2.15. The standard InChI is InChI=1S/C7H17NO2S.C2HF3O2/c1-3-4-5-6-7(2)11(8,9)10;3-2(4,5)1(6)7/h7H,3-6H2,1-2H3,(H2,8,9,10);(H,6,7). The fourth-order valence-electron chi connectivity index (χ4n) is 0.846. The Morgan fingerprint density at radius 1 is 1.33 bits per heavy atom. The third-order valence-corrected chi connectivity index (χ3v) is 3.37. The van der Waals surface area contributed by atoms with E-state index in [0.29, 0.717) is 6.42 Å². The molecule has 0 aliphatic carbocycles. The smallest absolute Gasteiger partial charge is 0.475 e. The fraction of sp³-hybridized carbons (Fsp3) is 0.889. The molecule has 0 aliphatic rings. The second-order valence-electron chi connectivity index (χ2n) is 3.70. The summed E-state index contributed by atoms with van der Waals surface area (Å²) in [6, 6.07) is 0. The minimum Gasteiger partial charge on any atom is -0.475 e. The van der Waals surface area contributed by atoms with Gasteiger partial charge in [0.1, 0.15) is 0 Å². The molecule has 0 saturated carbocycles. The normalized spacial score (nSPS) is 13.4. The van der Waals surface area contributed by atoms with Crippen molar-refractivity contribution >= 4 is 16.0 Å². The number of primary sulfonamides is 1. The number of unbranched alkanes of at least 4 members (excludes halogenated alkanes) is 2. The van der Waals surface area contributed by atoms with Crippen LogP contribution in [0.15, 0.2) is 0 Å². The lowest BCUT2D eigenvalue weighted by atomic mass is 10.2. The Hall–Kier alpha value is -0.830. The topological polar surface area (TPSA) is 97.5 Å². The van der Waals surface area contributed by atoms with Crippen molar-refractivity contribution < 1.29 is 31.5 Å². The Bertz CT molecular complexity index is 340. The van der Waals surface area contributed by atoms with Crippen LogP contribution in [0.5, 0.6) is 0 Å². The quantitative estimate of drug-likeness (QED) is 0.756. The lowest BCUT2D eigenvalue weighted by molar-refractivity contribution is -0.192. The molecule has 0 fully saturated rings. The summed E-state index contributed by atoms with van der Waals surface area (Å²) < 4.78 is 53.1. The van der Waals surface area contributed by atoms with E-state index in [9.17, 15) is 21.6 Å². The minimum atomic E-state index is -5.08. The fourth-order valence-corrected chi connectivity index (χ4v) is 1.34. The Kier molecular flexibility index (Phi) is 9.00. The van der Waals surface area contributed by atoms with Crippen molar-refractivity contribution in [2.24, 2.45) is 5.14 Å². The molecule has 0 aliphatic heterocycles. The third kappa shape index (κ3) is 11.6. The lowest BCUT2D eigenvalue weighted by Gasteiger charge is -2.06. The van der Waals surface area contributed by atoms with Crippen LogP contribution >= 0.6 is 0 Å². The maximum absolute atomic E-state index is 10.7. The first-order chi connectivity index (χ1) is 7.92. The van der Waals surface area contributed by atoms with Gasteiger partial charge in [0.05, 0.1) is 5.25 Å². The van der Waals surface area contributed by atoms with Crippen LogP contribution < -0.4 is 5.14 Å². The highest BCUT2D eigenvalue weighted by atomic mass is 32.2. The highest BCUT2D eigenvalue weighted by molar-refractivity contribution is 7.89. The molecule has 0 aromatic heterocycles. The molecule has 5 nitrogen and oxygen atoms in total. The number of alkyl halides is 3. The van der Waals surface area contributed by atoms with Crippen molar-refractivity contribution in [3.05, 3.63) is 0 Å². The van der Waals surface area contributed by atoms with E-state index in [0.717, 1.165) is 19.3 Å². The van der Waals surface area contributed by atoms with E-state index in [1.807, 2.05) is 0 Å². The van der Waals surface area contributed by atoms with Crippen LogP contribution in [-0.2, 0) is 14.8 Å². The van der Waals surface area contributed by atoms with Gasteiger partial charge in [0.2, 0.25) is 10.0 Å². The van der Waals surface area contributed by atoms with Crippen molar-refractivity contribution in [3.8, 4) is 0 Å². The number of carboxylic acid groups (broad SMARTS) is 1. The van der Waals surface area contributed by atoms with Crippen LogP contribution in [0.25, 0.3) is 0 Å². The second kappa shape index (κ2) is 8.30. The van der Waals surface area contributed by atoms with Gasteiger partial charge in [-0.2, -0.15) is 13.2 Å². The molecule has 0 bridgehead atoms. The van der Waals surface area contributed by atoms with Crippen molar-refractivity contribution in [3.63, 3.8) is 0 Å². The van der Waals surface area contributed by atoms with Gasteiger partial charge in [-0.3, -0.25) is 0 Å². The van der Waals surface area contributed by atoms with Crippen LogP contribution in [0.1, 0.15) is 39.5 Å². The van der Waals surface area contributed by atoms with Gasteiger partial charge in [-0.15, -0.1) is 0 Å². The molecule has 0 rings (SSSR count). The van der Waals surface area contributed by atoms with Gasteiger partial charge < -0.3 is 5.11 Å². The van der Waals surface area contributed by atoms with Crippen LogP contribution in [-0.4, -0.2) is 30.9 Å². The van der Waals surface area contributed by atoms with Gasteiger partial charge in [0.25, 0.3) is 0 Å². The first kappa shape index (κ1) is 19.5. The Morgan fingerprint density at radius 2 is 1.72 bits per heavy atom. The van der Waals surface area contributed by atoms with E-state index in [1.165, 1.54) is 0 Å². The molecule has 18 heavy (non-hydrogen) atoms. The van der Waals surface area contributed by atoms with E-state index < -0.39 is 22.2 Å². The highest BCUT2D eigenvalue weighted by Crippen LogP contribution is 2.13. The van der Waals surface area contributed by atoms with Gasteiger partial charge in [0.15, 0.2) is 0 Å². The Morgan fingerprint density at radius 3 is 1.94 bits per heavy atom. The first-order valence-corrected chi connectivity index (χ1v) is 6.85. The Labute approximate surface area is 104 Å². The number of aliphatic carboxylic acids is 1. The van der Waals surface area contributed by atoms with E-state index in [-0.39, 0.29) is 5.25 Å². The van der Waals surface area contributed by atoms with Gasteiger partial charge in [-0.25, -0.2) is 18.4 Å². The maximum atomic E-state index is 10.7. The molecule has 0 heterocycles. The first-order valence-electron chi connectivity index (χ1n) is 5.24. The average molecular weight is 293 g/mol. The summed E-state index contributed by atoms with van der Waals surface area (Å²) in [5.41, 5.74) is 0. The SMILES string of the molecule is CCCCCC(C)S(N)(=O)=O.O=C(O)C(F)(F)F. The number of carbonyl (C=O) groups is 1. The predicted molar refractivity (Wildman–Crippen MR) is 60.4 cm³/mol. The number of hydrogen-bond acceptors (Lipinski definition) is 3. The van der Waals surface area contributed by atoms with Crippen molar-refractivity contribution in [1.82, 2.24) is 0 Å². The van der Waals surface area contributed by atoms with Gasteiger partial charge in [0, 0.05) is 0 Å². The number of hydrogen-bond donors (Lipinski definition) is 2. The molecule has 1 atom stereocenters. The zero-order valence-corrected chi connectivity index (χ0v) is 11.0. The molecule has 110 valence electrons. The number of nitrogens with two attached hydrogens (primary N) is 1. The molecule has 0 saturated heterocycles. The zero-order valence-electron chi connectivity index (χ0n) is 10.2. The minimum absolute atomic E-state index is 0.381. The van der Waals surface area contributed by atoms with Crippen LogP contribution in [0.4, 0.5) is 13.2 Å². The maximum Gasteiger partial charge on any atom is 0.490 e. The van der Waals surface area contributed by atoms with Crippen molar-refractivity contribution in [2.45, 2.75) is 51.0 Å². The largest absolute Gasteiger partial charge is 0.490 e. The second-order valence-corrected chi connectivity index (χ2v) is 5.68. The number of carboxylic acids is 1. The number of sulfonamides is 1. The summed E-state index contributed by atoms with van der Waals surface area (Å²) in [6.07, 6.45) is -1.25. The molecule has 0 spiro atoms. The zero-order chi connectivity index (χ0) is 15.0. The van der Waals surface area contributed by atoms with Crippen molar-refractivity contribution in [2.75, 3.05) is 0 Å². The molecular weight excluding hydrogens is 275 g/mol. The van der Waals surface area contributed by atoms with Gasteiger partial charge in [-0.1, -0.05) is 26.2 Å². The Balaban J connectivity index is 0. The third-order valence-electron chi connectivity index (χ3n) is 2.02. The molecule has 9 heteroatoms. The molecule has 0 aromatic carbocycles. The summed E-state index contributed by atoms with van der Waals surface area (Å²) in [7, 11) is -3.28. The van der Waals surface area contributed by atoms with Crippen LogP contribution in [0.3, 0.4) is 0 Å². The van der Waals surface area contributed by atoms with Gasteiger partial charge in [-0.05, 0) is 13.3 Å². The molecular formula is C9H18F3NO4S. The summed E-state index contributed by atoms with van der Waals surface area (Å²) in [4.78, 5) is 8.90. The summed E-state index contributed by atoms with van der Waals surface area (Å²) in [6.45, 7) is 3.74. The summed E-state index contributed by atoms with van der Waals surface area (Å²) in [5.74, 6) is -2.76.